The molecule has 0 radical (unpaired) electrons. The molecular formula is C2H7O8P3+2. The molecule has 76 valence electrons. The first-order valence-corrected chi connectivity index (χ1v) is 7.01. The Kier molecular flexibility index (Phi) is 5.96. The summed E-state index contributed by atoms with van der Waals surface area (Å²) >= 11 is 0. The van der Waals surface area contributed by atoms with Gasteiger partial charge in [-0.15, -0.1) is 0 Å². The van der Waals surface area contributed by atoms with E-state index in [1.54, 1.807) is 0 Å². The Morgan fingerprint density at radius 2 is 1.38 bits per heavy atom. The molecule has 0 aliphatic heterocycles. The minimum Gasteiger partial charge on any atom is -0.302 e. The summed E-state index contributed by atoms with van der Waals surface area (Å²) in [5.41, 5.74) is 0. The molecule has 2 unspecified atom stereocenters. The smallest absolute Gasteiger partial charge is 0.302 e. The number of hydrogen-bond donors (Lipinski definition) is 3. The third kappa shape index (κ3) is 8.56. The maximum atomic E-state index is 10.7. The van der Waals surface area contributed by atoms with Crippen LogP contribution in [-0.2, 0) is 22.7 Å². The van der Waals surface area contributed by atoms with Crippen LogP contribution in [-0.4, -0.2) is 27.4 Å². The Balaban J connectivity index is 3.87. The van der Waals surface area contributed by atoms with Gasteiger partial charge in [0, 0.05) is 0 Å². The van der Waals surface area contributed by atoms with Crippen molar-refractivity contribution in [2.75, 3.05) is 12.7 Å². The molecule has 13 heavy (non-hydrogen) atoms. The van der Waals surface area contributed by atoms with Gasteiger partial charge in [-0.3, -0.25) is 0 Å². The summed E-state index contributed by atoms with van der Waals surface area (Å²) in [5, 5.41) is 0. The van der Waals surface area contributed by atoms with Crippen molar-refractivity contribution in [2.45, 2.75) is 0 Å². The fraction of sp³-hybridized carbons (Fsp3) is 1.00. The molecule has 0 aromatic heterocycles. The Bertz CT molecular complexity index is 226. The predicted octanol–water partition coefficient (Wildman–Crippen LogP) is 0.504. The summed E-state index contributed by atoms with van der Waals surface area (Å²) in [5.74, 6) is 0. The van der Waals surface area contributed by atoms with E-state index < -0.39 is 36.6 Å². The monoisotopic (exact) mass is 252 g/mol. The van der Waals surface area contributed by atoms with Gasteiger partial charge in [-0.25, -0.2) is 13.6 Å². The molecule has 0 aliphatic carbocycles. The van der Waals surface area contributed by atoms with Crippen LogP contribution in [0.25, 0.3) is 0 Å². The first-order chi connectivity index (χ1) is 5.83. The minimum atomic E-state index is -4.49. The van der Waals surface area contributed by atoms with Crippen molar-refractivity contribution in [3.05, 3.63) is 0 Å². The highest BCUT2D eigenvalue weighted by Crippen LogP contribution is 2.46. The number of phosphoric ester groups is 1. The number of hydrogen-bond acceptors (Lipinski definition) is 5. The third-order valence-electron chi connectivity index (χ3n) is 0.663. The first kappa shape index (κ1) is 13.2. The Morgan fingerprint density at radius 3 is 1.62 bits per heavy atom. The van der Waals surface area contributed by atoms with Gasteiger partial charge >= 0.3 is 23.9 Å². The lowest BCUT2D eigenvalue weighted by Gasteiger charge is -2.02. The van der Waals surface area contributed by atoms with Crippen LogP contribution in [0.1, 0.15) is 0 Å². The average molecular weight is 252 g/mol. The summed E-state index contributed by atoms with van der Waals surface area (Å²) in [6.45, 7) is 0. The van der Waals surface area contributed by atoms with Gasteiger partial charge in [0.15, 0.2) is 0 Å². The van der Waals surface area contributed by atoms with Crippen molar-refractivity contribution in [2.24, 2.45) is 0 Å². The second kappa shape index (κ2) is 5.86. The maximum absolute atomic E-state index is 10.7. The highest BCUT2D eigenvalue weighted by molar-refractivity contribution is 7.49. The van der Waals surface area contributed by atoms with E-state index in [4.69, 9.17) is 14.7 Å². The largest absolute Gasteiger partial charge is 0.534 e. The van der Waals surface area contributed by atoms with Crippen LogP contribution in [0.3, 0.4) is 0 Å². The van der Waals surface area contributed by atoms with E-state index in [2.05, 4.69) is 9.05 Å². The minimum absolute atomic E-state index is 0.870. The number of rotatable bonds is 6. The van der Waals surface area contributed by atoms with Gasteiger partial charge in [0.05, 0.1) is 0 Å². The van der Waals surface area contributed by atoms with Gasteiger partial charge in [-0.1, -0.05) is 0 Å². The van der Waals surface area contributed by atoms with Crippen molar-refractivity contribution in [1.82, 2.24) is 0 Å². The van der Waals surface area contributed by atoms with Crippen LogP contribution >= 0.6 is 23.9 Å². The van der Waals surface area contributed by atoms with Gasteiger partial charge in [-0.05, 0) is 9.13 Å². The van der Waals surface area contributed by atoms with Crippen LogP contribution in [0, 0.1) is 0 Å². The van der Waals surface area contributed by atoms with E-state index in [0.717, 1.165) is 0 Å². The molecule has 0 amide bonds. The highest BCUT2D eigenvalue weighted by Gasteiger charge is 2.30. The predicted molar refractivity (Wildman–Crippen MR) is 41.4 cm³/mol. The summed E-state index contributed by atoms with van der Waals surface area (Å²) < 4.78 is 38.6. The Morgan fingerprint density at radius 1 is 1.08 bits per heavy atom. The molecule has 0 rings (SSSR count). The summed E-state index contributed by atoms with van der Waals surface area (Å²) in [7, 11) is -9.91. The lowest BCUT2D eigenvalue weighted by atomic mass is 11.7. The Labute approximate surface area is 74.8 Å². The zero-order valence-electron chi connectivity index (χ0n) is 6.14. The molecule has 0 spiro atoms. The molecule has 0 aliphatic rings. The van der Waals surface area contributed by atoms with Crippen LogP contribution < -0.4 is 0 Å². The first-order valence-electron chi connectivity index (χ1n) is 2.72. The number of phosphoric acid groups is 1. The van der Waals surface area contributed by atoms with Crippen molar-refractivity contribution in [3.63, 3.8) is 0 Å². The van der Waals surface area contributed by atoms with Gasteiger partial charge < -0.3 is 4.89 Å². The van der Waals surface area contributed by atoms with Gasteiger partial charge in [0.25, 0.3) is 12.7 Å². The van der Waals surface area contributed by atoms with E-state index in [1.807, 2.05) is 0 Å². The SMILES string of the molecule is O=[P+](O)COP(=O)(O)OC[P+](=O)O. The molecule has 0 aromatic carbocycles. The van der Waals surface area contributed by atoms with Crippen molar-refractivity contribution >= 4 is 23.9 Å². The van der Waals surface area contributed by atoms with Crippen LogP contribution in [0.5, 0.6) is 0 Å². The van der Waals surface area contributed by atoms with Crippen LogP contribution in [0.2, 0.25) is 0 Å². The second-order valence-corrected chi connectivity index (χ2v) is 5.07. The molecule has 0 heterocycles. The highest BCUT2D eigenvalue weighted by atomic mass is 31.2. The zero-order chi connectivity index (χ0) is 10.5. The summed E-state index contributed by atoms with van der Waals surface area (Å²) in [6.07, 6.45) is -1.74. The van der Waals surface area contributed by atoms with E-state index in [9.17, 15) is 13.7 Å². The van der Waals surface area contributed by atoms with Gasteiger partial charge in [-0.2, -0.15) is 9.79 Å². The van der Waals surface area contributed by atoms with Crippen molar-refractivity contribution in [3.8, 4) is 0 Å². The summed E-state index contributed by atoms with van der Waals surface area (Å²) in [6, 6.07) is 0. The van der Waals surface area contributed by atoms with E-state index >= 15 is 0 Å². The van der Waals surface area contributed by atoms with E-state index in [1.165, 1.54) is 0 Å². The molecule has 8 nitrogen and oxygen atoms in total. The van der Waals surface area contributed by atoms with Crippen LogP contribution in [0.4, 0.5) is 0 Å². The quantitative estimate of drug-likeness (QED) is 0.582. The molecule has 0 bridgehead atoms. The normalized spacial score (nSPS) is 17.8. The molecular weight excluding hydrogens is 245 g/mol. The molecule has 0 saturated heterocycles. The third-order valence-corrected chi connectivity index (χ3v) is 2.68. The topological polar surface area (TPSA) is 130 Å². The average Bonchev–Trinajstić information content (AvgIpc) is 1.98. The zero-order valence-corrected chi connectivity index (χ0v) is 8.82. The molecule has 2 atom stereocenters. The van der Waals surface area contributed by atoms with Gasteiger partial charge in [0.1, 0.15) is 0 Å². The molecule has 11 heteroatoms. The van der Waals surface area contributed by atoms with E-state index in [0.29, 0.717) is 0 Å². The van der Waals surface area contributed by atoms with Gasteiger partial charge in [0.2, 0.25) is 0 Å². The molecule has 0 saturated carbocycles. The van der Waals surface area contributed by atoms with Crippen LogP contribution in [0.15, 0.2) is 0 Å². The van der Waals surface area contributed by atoms with Crippen molar-refractivity contribution in [1.29, 1.82) is 0 Å². The fourth-order valence-electron chi connectivity index (χ4n) is 0.282. The lowest BCUT2D eigenvalue weighted by molar-refractivity contribution is 0.181. The summed E-state index contributed by atoms with van der Waals surface area (Å²) in [4.78, 5) is 25.0. The van der Waals surface area contributed by atoms with E-state index in [-0.39, 0.29) is 0 Å². The standard InChI is InChI=1S/C2H5O8P3/c3-11(4)1-9-13(7,8)10-2-12(5)6/h1-2H2,(H-2,3,4,5,6,7,8)/p+2. The van der Waals surface area contributed by atoms with Crippen molar-refractivity contribution < 1.29 is 37.4 Å². The molecule has 3 N–H and O–H groups in total. The fourth-order valence-corrected chi connectivity index (χ4v) is 2.31. The second-order valence-electron chi connectivity index (χ2n) is 1.69. The molecule has 0 aromatic rings. The lowest BCUT2D eigenvalue weighted by Crippen LogP contribution is -1.94. The maximum Gasteiger partial charge on any atom is 0.534 e. The Hall–Kier alpha value is 0.230. The molecule has 0 fully saturated rings.